The molecule has 0 unspecified atom stereocenters. The summed E-state index contributed by atoms with van der Waals surface area (Å²) in [6.07, 6.45) is 3.33. The van der Waals surface area contributed by atoms with Crippen molar-refractivity contribution in [2.45, 2.75) is 51.7 Å². The molecule has 2 aliphatic rings. The van der Waals surface area contributed by atoms with Crippen molar-refractivity contribution in [3.05, 3.63) is 46.0 Å². The van der Waals surface area contributed by atoms with Gasteiger partial charge in [0, 0.05) is 30.6 Å². The third kappa shape index (κ3) is 3.46. The molecule has 0 amide bonds. The van der Waals surface area contributed by atoms with Crippen LogP contribution in [0.25, 0.3) is 0 Å². The number of fused-ring (bicyclic) bond motifs is 1. The van der Waals surface area contributed by atoms with Crippen molar-refractivity contribution >= 4 is 11.6 Å². The maximum absolute atomic E-state index is 6.46. The normalized spacial score (nSPS) is 19.1. The van der Waals surface area contributed by atoms with Crippen molar-refractivity contribution < 1.29 is 0 Å². The van der Waals surface area contributed by atoms with Gasteiger partial charge in [-0.2, -0.15) is 0 Å². The second-order valence-corrected chi connectivity index (χ2v) is 7.49. The lowest BCUT2D eigenvalue weighted by atomic mass is 9.95. The molecule has 1 saturated heterocycles. The molecule has 4 rings (SSSR count). The summed E-state index contributed by atoms with van der Waals surface area (Å²) in [7, 11) is 0. The van der Waals surface area contributed by atoms with Crippen LogP contribution in [0.5, 0.6) is 0 Å². The number of aromatic nitrogens is 3. The SMILES string of the molecule is CCc1cccc(Cl)c1CN1CCC(c2nnc3n2CCNC3)CC1. The van der Waals surface area contributed by atoms with Crippen LogP contribution >= 0.6 is 11.6 Å². The van der Waals surface area contributed by atoms with Crippen LogP contribution in [0.2, 0.25) is 5.02 Å². The molecule has 1 fully saturated rings. The Balaban J connectivity index is 1.42. The van der Waals surface area contributed by atoms with Gasteiger partial charge in [0.15, 0.2) is 0 Å². The van der Waals surface area contributed by atoms with Crippen molar-refractivity contribution in [1.29, 1.82) is 0 Å². The fourth-order valence-corrected chi connectivity index (χ4v) is 4.35. The van der Waals surface area contributed by atoms with Gasteiger partial charge in [0.25, 0.3) is 0 Å². The lowest BCUT2D eigenvalue weighted by Gasteiger charge is -2.32. The van der Waals surface area contributed by atoms with E-state index in [1.165, 1.54) is 17.0 Å². The number of halogens is 1. The van der Waals surface area contributed by atoms with Gasteiger partial charge in [-0.05, 0) is 49.5 Å². The molecule has 6 heteroatoms. The summed E-state index contributed by atoms with van der Waals surface area (Å²) in [5, 5.41) is 13.1. The van der Waals surface area contributed by atoms with E-state index in [0.717, 1.165) is 69.4 Å². The highest BCUT2D eigenvalue weighted by molar-refractivity contribution is 6.31. The average molecular weight is 360 g/mol. The fourth-order valence-electron chi connectivity index (χ4n) is 4.10. The summed E-state index contributed by atoms with van der Waals surface area (Å²) < 4.78 is 2.33. The first-order valence-electron chi connectivity index (χ1n) is 9.37. The molecule has 1 N–H and O–H groups in total. The van der Waals surface area contributed by atoms with Crippen LogP contribution in [-0.4, -0.2) is 39.3 Å². The molecule has 3 heterocycles. The Bertz CT molecular complexity index is 733. The maximum Gasteiger partial charge on any atom is 0.147 e. The van der Waals surface area contributed by atoms with E-state index in [2.05, 4.69) is 44.0 Å². The van der Waals surface area contributed by atoms with E-state index >= 15 is 0 Å². The van der Waals surface area contributed by atoms with E-state index in [4.69, 9.17) is 11.6 Å². The molecule has 0 spiro atoms. The zero-order valence-electron chi connectivity index (χ0n) is 14.8. The molecule has 5 nitrogen and oxygen atoms in total. The van der Waals surface area contributed by atoms with Crippen LogP contribution in [0.15, 0.2) is 18.2 Å². The molecule has 2 aliphatic heterocycles. The van der Waals surface area contributed by atoms with Crippen LogP contribution in [0.1, 0.15) is 48.5 Å². The van der Waals surface area contributed by atoms with Gasteiger partial charge in [0.05, 0.1) is 6.54 Å². The van der Waals surface area contributed by atoms with Crippen molar-refractivity contribution in [2.24, 2.45) is 0 Å². The van der Waals surface area contributed by atoms with E-state index in [1.807, 2.05) is 6.07 Å². The number of aryl methyl sites for hydroxylation is 1. The Labute approximate surface area is 154 Å². The number of benzene rings is 1. The number of hydrogen-bond donors (Lipinski definition) is 1. The summed E-state index contributed by atoms with van der Waals surface area (Å²) in [6, 6.07) is 6.27. The van der Waals surface area contributed by atoms with Crippen molar-refractivity contribution in [3.8, 4) is 0 Å². The van der Waals surface area contributed by atoms with Crippen molar-refractivity contribution in [1.82, 2.24) is 25.0 Å². The summed E-state index contributed by atoms with van der Waals surface area (Å²) in [4.78, 5) is 2.53. The molecular weight excluding hydrogens is 334 g/mol. The molecule has 0 saturated carbocycles. The Morgan fingerprint density at radius 2 is 2.04 bits per heavy atom. The van der Waals surface area contributed by atoms with E-state index in [0.29, 0.717) is 5.92 Å². The quantitative estimate of drug-likeness (QED) is 0.911. The first-order valence-corrected chi connectivity index (χ1v) is 9.75. The molecule has 25 heavy (non-hydrogen) atoms. The largest absolute Gasteiger partial charge is 0.312 e. The monoisotopic (exact) mass is 359 g/mol. The lowest BCUT2D eigenvalue weighted by Crippen LogP contribution is -2.35. The predicted molar refractivity (Wildman–Crippen MR) is 99.8 cm³/mol. The fraction of sp³-hybridized carbons (Fsp3) is 0.579. The van der Waals surface area contributed by atoms with E-state index in [-0.39, 0.29) is 0 Å². The van der Waals surface area contributed by atoms with E-state index < -0.39 is 0 Å². The van der Waals surface area contributed by atoms with Gasteiger partial charge in [-0.1, -0.05) is 30.7 Å². The number of hydrogen-bond acceptors (Lipinski definition) is 4. The zero-order valence-corrected chi connectivity index (χ0v) is 15.6. The average Bonchev–Trinajstić information content (AvgIpc) is 3.08. The van der Waals surface area contributed by atoms with Crippen molar-refractivity contribution in [2.75, 3.05) is 19.6 Å². The second kappa shape index (κ2) is 7.44. The molecule has 2 aromatic rings. The number of rotatable bonds is 4. The standard InChI is InChI=1S/C19H26ClN5/c1-2-14-4-3-5-17(20)16(14)13-24-9-6-15(7-10-24)19-23-22-18-12-21-8-11-25(18)19/h3-5,15,21H,2,6-13H2,1H3. The molecule has 0 atom stereocenters. The molecule has 0 bridgehead atoms. The van der Waals surface area contributed by atoms with Crippen LogP contribution in [0.3, 0.4) is 0 Å². The minimum Gasteiger partial charge on any atom is -0.312 e. The molecule has 1 aromatic heterocycles. The zero-order chi connectivity index (χ0) is 17.2. The Morgan fingerprint density at radius 1 is 1.20 bits per heavy atom. The number of nitrogens with zero attached hydrogens (tertiary/aromatic N) is 4. The first-order chi connectivity index (χ1) is 12.3. The van der Waals surface area contributed by atoms with Crippen LogP contribution in [0, 0.1) is 0 Å². The third-order valence-electron chi connectivity index (χ3n) is 5.58. The summed E-state index contributed by atoms with van der Waals surface area (Å²) >= 11 is 6.46. The Morgan fingerprint density at radius 3 is 2.84 bits per heavy atom. The lowest BCUT2D eigenvalue weighted by molar-refractivity contribution is 0.199. The third-order valence-corrected chi connectivity index (χ3v) is 5.94. The highest BCUT2D eigenvalue weighted by Gasteiger charge is 2.27. The van der Waals surface area contributed by atoms with Crippen LogP contribution in [-0.2, 0) is 26.1 Å². The number of piperidine rings is 1. The number of nitrogens with one attached hydrogen (secondary N) is 1. The summed E-state index contributed by atoms with van der Waals surface area (Å²) in [5.41, 5.74) is 2.67. The van der Waals surface area contributed by atoms with Crippen molar-refractivity contribution in [3.63, 3.8) is 0 Å². The van der Waals surface area contributed by atoms with Gasteiger partial charge < -0.3 is 9.88 Å². The van der Waals surface area contributed by atoms with Gasteiger partial charge in [-0.15, -0.1) is 10.2 Å². The predicted octanol–water partition coefficient (Wildman–Crippen LogP) is 2.98. The molecule has 134 valence electrons. The summed E-state index contributed by atoms with van der Waals surface area (Å²) in [5.74, 6) is 2.82. The smallest absolute Gasteiger partial charge is 0.147 e. The van der Waals surface area contributed by atoms with Crippen LogP contribution < -0.4 is 5.32 Å². The van der Waals surface area contributed by atoms with Crippen LogP contribution in [0.4, 0.5) is 0 Å². The van der Waals surface area contributed by atoms with E-state index in [1.54, 1.807) is 0 Å². The summed E-state index contributed by atoms with van der Waals surface area (Å²) in [6.45, 7) is 8.21. The second-order valence-electron chi connectivity index (χ2n) is 7.08. The maximum atomic E-state index is 6.46. The minimum absolute atomic E-state index is 0.535. The molecule has 0 radical (unpaired) electrons. The van der Waals surface area contributed by atoms with Gasteiger partial charge in [0.2, 0.25) is 0 Å². The van der Waals surface area contributed by atoms with E-state index in [9.17, 15) is 0 Å². The molecule has 1 aromatic carbocycles. The molecular formula is C19H26ClN5. The Kier molecular flexibility index (Phi) is 5.06. The topological polar surface area (TPSA) is 46.0 Å². The van der Waals surface area contributed by atoms with Gasteiger partial charge in [-0.25, -0.2) is 0 Å². The molecule has 0 aliphatic carbocycles. The van der Waals surface area contributed by atoms with Gasteiger partial charge in [-0.3, -0.25) is 4.90 Å². The highest BCUT2D eigenvalue weighted by atomic mass is 35.5. The van der Waals surface area contributed by atoms with Gasteiger partial charge in [0.1, 0.15) is 11.6 Å². The minimum atomic E-state index is 0.535. The first kappa shape index (κ1) is 17.0. The Hall–Kier alpha value is -1.43. The highest BCUT2D eigenvalue weighted by Crippen LogP contribution is 2.30. The number of likely N-dealkylation sites (tertiary alicyclic amines) is 1. The van der Waals surface area contributed by atoms with Gasteiger partial charge >= 0.3 is 0 Å².